The Hall–Kier alpha value is -0.830. The van der Waals surface area contributed by atoms with Crippen molar-refractivity contribution in [3.8, 4) is 0 Å². The third-order valence-corrected chi connectivity index (χ3v) is 3.34. The number of hydrogen-bond donors (Lipinski definition) is 0. The predicted octanol–water partition coefficient (Wildman–Crippen LogP) is 2.50. The first kappa shape index (κ1) is 9.71. The van der Waals surface area contributed by atoms with Gasteiger partial charge < -0.3 is 4.90 Å². The average molecular weight is 254 g/mol. The molecule has 1 aromatic rings. The Morgan fingerprint density at radius 1 is 1.36 bits per heavy atom. The Morgan fingerprint density at radius 2 is 2.00 bits per heavy atom. The average Bonchev–Trinajstić information content (AvgIpc) is 2.50. The van der Waals surface area contributed by atoms with E-state index in [9.17, 15) is 4.79 Å². The van der Waals surface area contributed by atoms with Crippen molar-refractivity contribution in [2.75, 3.05) is 11.4 Å². The number of nitrogens with zero attached hydrogens (tertiary/aromatic N) is 1. The number of carbonyl (C=O) groups is 1. The van der Waals surface area contributed by atoms with E-state index in [1.807, 2.05) is 36.1 Å². The van der Waals surface area contributed by atoms with Gasteiger partial charge in [-0.05, 0) is 25.5 Å². The molecule has 0 N–H and O–H groups in total. The van der Waals surface area contributed by atoms with E-state index in [1.165, 1.54) is 5.56 Å². The second-order valence-corrected chi connectivity index (χ2v) is 4.69. The summed E-state index contributed by atoms with van der Waals surface area (Å²) < 4.78 is 0. The van der Waals surface area contributed by atoms with E-state index in [-0.39, 0.29) is 10.7 Å². The molecule has 0 spiro atoms. The second-order valence-electron chi connectivity index (χ2n) is 3.58. The third kappa shape index (κ3) is 1.69. The van der Waals surface area contributed by atoms with Gasteiger partial charge in [0.1, 0.15) is 0 Å². The SMILES string of the molecule is Cc1ccc(N2CC[C@H](Br)C2=O)cc1. The van der Waals surface area contributed by atoms with E-state index in [0.717, 1.165) is 18.7 Å². The van der Waals surface area contributed by atoms with Crippen molar-refractivity contribution >= 4 is 27.5 Å². The maximum atomic E-state index is 11.7. The van der Waals surface area contributed by atoms with Crippen molar-refractivity contribution < 1.29 is 4.79 Å². The van der Waals surface area contributed by atoms with E-state index in [4.69, 9.17) is 0 Å². The third-order valence-electron chi connectivity index (χ3n) is 2.49. The van der Waals surface area contributed by atoms with E-state index < -0.39 is 0 Å². The first-order chi connectivity index (χ1) is 6.68. The second kappa shape index (κ2) is 3.73. The van der Waals surface area contributed by atoms with Crippen LogP contribution in [0.25, 0.3) is 0 Å². The van der Waals surface area contributed by atoms with Gasteiger partial charge in [-0.2, -0.15) is 0 Å². The van der Waals surface area contributed by atoms with E-state index in [1.54, 1.807) is 0 Å². The molecule has 1 aliphatic heterocycles. The van der Waals surface area contributed by atoms with Gasteiger partial charge in [0.25, 0.3) is 0 Å². The Balaban J connectivity index is 2.24. The summed E-state index contributed by atoms with van der Waals surface area (Å²) in [5.74, 6) is 0.175. The molecule has 74 valence electrons. The molecule has 1 aliphatic rings. The molecule has 0 radical (unpaired) electrons. The van der Waals surface area contributed by atoms with Crippen LogP contribution in [0.4, 0.5) is 5.69 Å². The van der Waals surface area contributed by atoms with Gasteiger partial charge in [0.2, 0.25) is 5.91 Å². The predicted molar refractivity (Wildman–Crippen MR) is 60.9 cm³/mol. The number of carbonyl (C=O) groups excluding carboxylic acids is 1. The number of anilines is 1. The number of halogens is 1. The molecule has 2 rings (SSSR count). The maximum absolute atomic E-state index is 11.7. The molecule has 1 fully saturated rings. The smallest absolute Gasteiger partial charge is 0.240 e. The first-order valence-corrected chi connectivity index (χ1v) is 5.62. The molecule has 1 amide bonds. The fourth-order valence-corrected chi connectivity index (χ4v) is 2.08. The van der Waals surface area contributed by atoms with Crippen LogP contribution in [-0.2, 0) is 4.79 Å². The molecular formula is C11H12BrNO. The van der Waals surface area contributed by atoms with Crippen molar-refractivity contribution in [2.45, 2.75) is 18.2 Å². The number of rotatable bonds is 1. The fraction of sp³-hybridized carbons (Fsp3) is 0.364. The van der Waals surface area contributed by atoms with Crippen LogP contribution in [0.15, 0.2) is 24.3 Å². The molecule has 1 saturated heterocycles. The number of hydrogen-bond acceptors (Lipinski definition) is 1. The molecule has 1 atom stereocenters. The molecule has 0 bridgehead atoms. The zero-order valence-corrected chi connectivity index (χ0v) is 9.62. The van der Waals surface area contributed by atoms with Crippen molar-refractivity contribution in [3.63, 3.8) is 0 Å². The highest BCUT2D eigenvalue weighted by atomic mass is 79.9. The van der Waals surface area contributed by atoms with Gasteiger partial charge in [-0.1, -0.05) is 33.6 Å². The standard InChI is InChI=1S/C11H12BrNO/c1-8-2-4-9(5-3-8)13-7-6-10(12)11(13)14/h2-5,10H,6-7H2,1H3/t10-/m0/s1. The Labute approximate surface area is 92.0 Å². The van der Waals surface area contributed by atoms with Gasteiger partial charge >= 0.3 is 0 Å². The number of benzene rings is 1. The minimum absolute atomic E-state index is 0.00352. The highest BCUT2D eigenvalue weighted by molar-refractivity contribution is 9.10. The van der Waals surface area contributed by atoms with Gasteiger partial charge in [-0.25, -0.2) is 0 Å². The molecule has 1 aromatic carbocycles. The molecular weight excluding hydrogens is 242 g/mol. The van der Waals surface area contributed by atoms with Crippen LogP contribution < -0.4 is 4.90 Å². The van der Waals surface area contributed by atoms with Gasteiger partial charge in [-0.15, -0.1) is 0 Å². The number of aryl methyl sites for hydroxylation is 1. The zero-order chi connectivity index (χ0) is 10.1. The van der Waals surface area contributed by atoms with Crippen LogP contribution in [0.5, 0.6) is 0 Å². The summed E-state index contributed by atoms with van der Waals surface area (Å²) in [6.07, 6.45) is 0.896. The maximum Gasteiger partial charge on any atom is 0.240 e. The molecule has 2 nitrogen and oxygen atoms in total. The van der Waals surface area contributed by atoms with Gasteiger partial charge in [-0.3, -0.25) is 4.79 Å². The van der Waals surface area contributed by atoms with Crippen LogP contribution in [0.3, 0.4) is 0 Å². The highest BCUT2D eigenvalue weighted by Gasteiger charge is 2.30. The number of amides is 1. The van der Waals surface area contributed by atoms with E-state index in [0.29, 0.717) is 0 Å². The highest BCUT2D eigenvalue weighted by Crippen LogP contribution is 2.25. The summed E-state index contributed by atoms with van der Waals surface area (Å²) in [6.45, 7) is 2.86. The lowest BCUT2D eigenvalue weighted by atomic mass is 10.2. The molecule has 0 unspecified atom stereocenters. The quantitative estimate of drug-likeness (QED) is 0.705. The topological polar surface area (TPSA) is 20.3 Å². The van der Waals surface area contributed by atoms with Gasteiger partial charge in [0.05, 0.1) is 4.83 Å². The Bertz CT molecular complexity index is 347. The lowest BCUT2D eigenvalue weighted by Gasteiger charge is -2.15. The van der Waals surface area contributed by atoms with Crippen LogP contribution >= 0.6 is 15.9 Å². The summed E-state index contributed by atoms with van der Waals surface area (Å²) in [4.78, 5) is 13.5. The lowest BCUT2D eigenvalue weighted by Crippen LogP contribution is -2.26. The molecule has 0 aromatic heterocycles. The largest absolute Gasteiger partial charge is 0.311 e. The van der Waals surface area contributed by atoms with Crippen LogP contribution in [0.2, 0.25) is 0 Å². The minimum atomic E-state index is 0.00352. The first-order valence-electron chi connectivity index (χ1n) is 4.70. The van der Waals surface area contributed by atoms with Crippen LogP contribution in [-0.4, -0.2) is 17.3 Å². The molecule has 14 heavy (non-hydrogen) atoms. The summed E-state index contributed by atoms with van der Waals surface area (Å²) in [5, 5.41) is 0. The lowest BCUT2D eigenvalue weighted by molar-refractivity contribution is -0.116. The van der Waals surface area contributed by atoms with Crippen molar-refractivity contribution in [2.24, 2.45) is 0 Å². The van der Waals surface area contributed by atoms with Crippen molar-refractivity contribution in [1.82, 2.24) is 0 Å². The molecule has 0 saturated carbocycles. The number of alkyl halides is 1. The molecule has 1 heterocycles. The zero-order valence-electron chi connectivity index (χ0n) is 8.03. The molecule has 0 aliphatic carbocycles. The van der Waals surface area contributed by atoms with E-state index >= 15 is 0 Å². The summed E-state index contributed by atoms with van der Waals surface area (Å²) in [7, 11) is 0. The molecule has 3 heteroatoms. The van der Waals surface area contributed by atoms with Gasteiger partial charge in [0.15, 0.2) is 0 Å². The van der Waals surface area contributed by atoms with Gasteiger partial charge in [0, 0.05) is 12.2 Å². The normalized spacial score (nSPS) is 21.7. The monoisotopic (exact) mass is 253 g/mol. The van der Waals surface area contributed by atoms with E-state index in [2.05, 4.69) is 15.9 Å². The van der Waals surface area contributed by atoms with Crippen molar-refractivity contribution in [3.05, 3.63) is 29.8 Å². The fourth-order valence-electron chi connectivity index (χ4n) is 1.63. The Morgan fingerprint density at radius 3 is 2.50 bits per heavy atom. The summed E-state index contributed by atoms with van der Waals surface area (Å²) in [5.41, 5.74) is 2.22. The minimum Gasteiger partial charge on any atom is -0.311 e. The van der Waals surface area contributed by atoms with Crippen LogP contribution in [0.1, 0.15) is 12.0 Å². The summed E-state index contributed by atoms with van der Waals surface area (Å²) >= 11 is 3.36. The van der Waals surface area contributed by atoms with Crippen LogP contribution in [0, 0.1) is 6.92 Å². The summed E-state index contributed by atoms with van der Waals surface area (Å²) in [6, 6.07) is 8.06. The van der Waals surface area contributed by atoms with Crippen molar-refractivity contribution in [1.29, 1.82) is 0 Å². The Kier molecular flexibility index (Phi) is 2.59.